The van der Waals surface area contributed by atoms with Crippen molar-refractivity contribution in [3.8, 4) is 5.75 Å². The van der Waals surface area contributed by atoms with Gasteiger partial charge in [0, 0.05) is 19.6 Å². The zero-order chi connectivity index (χ0) is 19.3. The Morgan fingerprint density at radius 2 is 2.04 bits per heavy atom. The summed E-state index contributed by atoms with van der Waals surface area (Å²) in [7, 11) is -3.64. The number of rotatable bonds is 8. The van der Waals surface area contributed by atoms with Gasteiger partial charge in [-0.2, -0.15) is 0 Å². The third-order valence-corrected chi connectivity index (χ3v) is 6.00. The second-order valence-corrected chi connectivity index (χ2v) is 8.16. The fourth-order valence-electron chi connectivity index (χ4n) is 3.16. The van der Waals surface area contributed by atoms with Crippen LogP contribution in [0, 0.1) is 6.92 Å². The Morgan fingerprint density at radius 3 is 2.67 bits per heavy atom. The van der Waals surface area contributed by atoms with Crippen molar-refractivity contribution in [3.63, 3.8) is 0 Å². The Bertz CT molecular complexity index is 830. The molecule has 0 bridgehead atoms. The summed E-state index contributed by atoms with van der Waals surface area (Å²) in [6.45, 7) is 7.21. The molecule has 1 atom stereocenters. The average molecular weight is 394 g/mol. The van der Waals surface area contributed by atoms with Gasteiger partial charge >= 0.3 is 0 Å². The first-order chi connectivity index (χ1) is 13.0. The van der Waals surface area contributed by atoms with Gasteiger partial charge in [-0.3, -0.25) is 4.90 Å². The van der Waals surface area contributed by atoms with Crippen LogP contribution in [-0.2, 0) is 14.8 Å². The lowest BCUT2D eigenvalue weighted by Crippen LogP contribution is -2.43. The topological polar surface area (TPSA) is 81.0 Å². The Hall–Kier alpha value is -1.87. The second-order valence-electron chi connectivity index (χ2n) is 6.39. The van der Waals surface area contributed by atoms with Gasteiger partial charge < -0.3 is 13.9 Å². The Morgan fingerprint density at radius 1 is 1.26 bits per heavy atom. The van der Waals surface area contributed by atoms with Crippen LogP contribution in [0.3, 0.4) is 0 Å². The highest BCUT2D eigenvalue weighted by atomic mass is 32.2. The quantitative estimate of drug-likeness (QED) is 0.740. The third kappa shape index (κ3) is 4.90. The summed E-state index contributed by atoms with van der Waals surface area (Å²) in [5.74, 6) is 1.43. The highest BCUT2D eigenvalue weighted by Gasteiger charge is 2.27. The molecule has 1 N–H and O–H groups in total. The van der Waals surface area contributed by atoms with Gasteiger partial charge in [-0.25, -0.2) is 13.1 Å². The molecule has 148 valence electrons. The minimum atomic E-state index is -3.64. The molecule has 2 aromatic rings. The fraction of sp³-hybridized carbons (Fsp3) is 0.474. The molecule has 7 nitrogen and oxygen atoms in total. The first-order valence-electron chi connectivity index (χ1n) is 9.09. The molecule has 3 rings (SSSR count). The van der Waals surface area contributed by atoms with Crippen LogP contribution in [-0.4, -0.2) is 52.8 Å². The van der Waals surface area contributed by atoms with Crippen LogP contribution in [0.15, 0.2) is 45.9 Å². The maximum Gasteiger partial charge on any atom is 0.240 e. The van der Waals surface area contributed by atoms with Crippen molar-refractivity contribution in [2.24, 2.45) is 0 Å². The lowest BCUT2D eigenvalue weighted by molar-refractivity contribution is 0.0128. The summed E-state index contributed by atoms with van der Waals surface area (Å²) in [4.78, 5) is 2.40. The van der Waals surface area contributed by atoms with Gasteiger partial charge in [0.15, 0.2) is 0 Å². The van der Waals surface area contributed by atoms with Crippen molar-refractivity contribution in [2.45, 2.75) is 24.8 Å². The van der Waals surface area contributed by atoms with Crippen molar-refractivity contribution in [1.29, 1.82) is 0 Å². The molecule has 0 saturated carbocycles. The summed E-state index contributed by atoms with van der Waals surface area (Å²) in [6.07, 6.45) is 1.60. The molecule has 0 spiro atoms. The lowest BCUT2D eigenvalue weighted by Gasteiger charge is -2.33. The molecule has 27 heavy (non-hydrogen) atoms. The highest BCUT2D eigenvalue weighted by Crippen LogP contribution is 2.24. The van der Waals surface area contributed by atoms with Crippen LogP contribution in [0.5, 0.6) is 5.75 Å². The van der Waals surface area contributed by atoms with E-state index in [1.54, 1.807) is 24.5 Å². The average Bonchev–Trinajstić information content (AvgIpc) is 3.19. The van der Waals surface area contributed by atoms with E-state index in [1.807, 2.05) is 26.0 Å². The van der Waals surface area contributed by atoms with E-state index in [9.17, 15) is 8.42 Å². The van der Waals surface area contributed by atoms with Gasteiger partial charge in [0.1, 0.15) is 11.5 Å². The fourth-order valence-corrected chi connectivity index (χ4v) is 4.28. The molecular formula is C19H26N2O5S. The second kappa shape index (κ2) is 8.88. The van der Waals surface area contributed by atoms with Gasteiger partial charge in [-0.1, -0.05) is 0 Å². The van der Waals surface area contributed by atoms with Crippen LogP contribution in [0.25, 0.3) is 0 Å². The van der Waals surface area contributed by atoms with Crippen molar-refractivity contribution in [2.75, 3.05) is 39.5 Å². The van der Waals surface area contributed by atoms with Gasteiger partial charge in [-0.15, -0.1) is 0 Å². The first kappa shape index (κ1) is 19.9. The Kier molecular flexibility index (Phi) is 6.54. The molecule has 1 aromatic carbocycles. The molecule has 0 aliphatic carbocycles. The lowest BCUT2D eigenvalue weighted by atomic mass is 10.2. The van der Waals surface area contributed by atoms with E-state index in [2.05, 4.69) is 9.62 Å². The van der Waals surface area contributed by atoms with E-state index in [-0.39, 0.29) is 17.5 Å². The van der Waals surface area contributed by atoms with Gasteiger partial charge in [0.2, 0.25) is 10.0 Å². The Labute approximate surface area is 160 Å². The van der Waals surface area contributed by atoms with E-state index < -0.39 is 10.0 Å². The summed E-state index contributed by atoms with van der Waals surface area (Å²) >= 11 is 0. The van der Waals surface area contributed by atoms with Gasteiger partial charge in [0.05, 0.1) is 37.0 Å². The molecular weight excluding hydrogens is 368 g/mol. The van der Waals surface area contributed by atoms with Crippen molar-refractivity contribution >= 4 is 10.0 Å². The Balaban J connectivity index is 1.74. The molecule has 1 aromatic heterocycles. The largest absolute Gasteiger partial charge is 0.494 e. The van der Waals surface area contributed by atoms with E-state index in [4.69, 9.17) is 13.9 Å². The highest BCUT2D eigenvalue weighted by molar-refractivity contribution is 7.89. The molecule has 1 unspecified atom stereocenters. The summed E-state index contributed by atoms with van der Waals surface area (Å²) < 4.78 is 44.7. The van der Waals surface area contributed by atoms with Gasteiger partial charge in [-0.05, 0) is 49.7 Å². The number of aryl methyl sites for hydroxylation is 1. The summed E-state index contributed by atoms with van der Waals surface area (Å²) in [5.41, 5.74) is 0.787. The summed E-state index contributed by atoms with van der Waals surface area (Å²) in [5, 5.41) is 0. The number of morpholine rings is 1. The molecule has 1 aliphatic heterocycles. The molecule has 0 radical (unpaired) electrons. The molecule has 1 aliphatic rings. The van der Waals surface area contributed by atoms with Crippen molar-refractivity contribution in [3.05, 3.63) is 47.9 Å². The molecule has 1 fully saturated rings. The maximum atomic E-state index is 12.8. The van der Waals surface area contributed by atoms with E-state index >= 15 is 0 Å². The molecule has 8 heteroatoms. The number of sulfonamides is 1. The van der Waals surface area contributed by atoms with Crippen molar-refractivity contribution in [1.82, 2.24) is 9.62 Å². The van der Waals surface area contributed by atoms with Crippen LogP contribution >= 0.6 is 0 Å². The van der Waals surface area contributed by atoms with E-state index in [0.717, 1.165) is 24.4 Å². The van der Waals surface area contributed by atoms with Crippen LogP contribution in [0.1, 0.15) is 24.3 Å². The number of hydrogen-bond donors (Lipinski definition) is 1. The van der Waals surface area contributed by atoms with E-state index in [0.29, 0.717) is 25.6 Å². The monoisotopic (exact) mass is 394 g/mol. The molecule has 1 saturated heterocycles. The van der Waals surface area contributed by atoms with Gasteiger partial charge in [0.25, 0.3) is 0 Å². The summed E-state index contributed by atoms with van der Waals surface area (Å²) in [6, 6.07) is 8.39. The first-order valence-corrected chi connectivity index (χ1v) is 10.6. The zero-order valence-corrected chi connectivity index (χ0v) is 16.5. The predicted molar refractivity (Wildman–Crippen MR) is 101 cm³/mol. The number of hydrogen-bond acceptors (Lipinski definition) is 6. The SMILES string of the molecule is CCOc1ccc(S(=O)(=O)NCC(c2ccco2)N2CCOCC2)cc1C. The third-order valence-electron chi connectivity index (χ3n) is 4.58. The van der Waals surface area contributed by atoms with Crippen LogP contribution < -0.4 is 9.46 Å². The smallest absolute Gasteiger partial charge is 0.240 e. The number of nitrogens with zero attached hydrogens (tertiary/aromatic N) is 1. The maximum absolute atomic E-state index is 12.8. The molecule has 2 heterocycles. The predicted octanol–water partition coefficient (Wildman–Crippen LogP) is 2.34. The zero-order valence-electron chi connectivity index (χ0n) is 15.7. The number of nitrogens with one attached hydrogen (secondary N) is 1. The molecule has 0 amide bonds. The normalized spacial score (nSPS) is 17.0. The minimum Gasteiger partial charge on any atom is -0.494 e. The number of furan rings is 1. The van der Waals surface area contributed by atoms with Crippen molar-refractivity contribution < 1.29 is 22.3 Å². The number of benzene rings is 1. The number of ether oxygens (including phenoxy) is 2. The van der Waals surface area contributed by atoms with Crippen LogP contribution in [0.2, 0.25) is 0 Å². The van der Waals surface area contributed by atoms with E-state index in [1.165, 1.54) is 0 Å². The standard InChI is InChI=1S/C19H26N2O5S/c1-3-25-18-7-6-16(13-15(18)2)27(22,23)20-14-17(19-5-4-10-26-19)21-8-11-24-12-9-21/h4-7,10,13,17,20H,3,8-9,11-12,14H2,1-2H3. The van der Waals surface area contributed by atoms with Crippen LogP contribution in [0.4, 0.5) is 0 Å². The minimum absolute atomic E-state index is 0.178.